The van der Waals surface area contributed by atoms with Crippen LogP contribution in [0.2, 0.25) is 0 Å². The number of rotatable bonds is 14. The van der Waals surface area contributed by atoms with Crippen LogP contribution >= 0.6 is 0 Å². The minimum absolute atomic E-state index is 0.0718. The molecule has 0 aromatic carbocycles. The lowest BCUT2D eigenvalue weighted by Gasteiger charge is -2.11. The number of imidazole rings is 1. The molecule has 0 fully saturated rings. The molecule has 236 valence electrons. The molecule has 0 amide bonds. The van der Waals surface area contributed by atoms with E-state index in [2.05, 4.69) is 15.3 Å². The van der Waals surface area contributed by atoms with Gasteiger partial charge >= 0.3 is 29.8 Å². The van der Waals surface area contributed by atoms with Crippen LogP contribution in [0.3, 0.4) is 0 Å². The molecule has 0 saturated carbocycles. The summed E-state index contributed by atoms with van der Waals surface area (Å²) >= 11 is 0. The van der Waals surface area contributed by atoms with E-state index in [1.165, 1.54) is 6.33 Å². The van der Waals surface area contributed by atoms with Crippen molar-refractivity contribution in [2.45, 2.75) is 70.1 Å². The predicted octanol–water partition coefficient (Wildman–Crippen LogP) is -2.66. The summed E-state index contributed by atoms with van der Waals surface area (Å²) in [6, 6.07) is -3.67. The summed E-state index contributed by atoms with van der Waals surface area (Å²) in [5.74, 6) is -5.46. The quantitative estimate of drug-likeness (QED) is 0.0594. The SMILES string of the molecule is CCC(C)C(N)C(=O)O.N=C(N)NCCCC(N)C(=O)O.NC(CC(=O)O)C(=O)O.NC(Cc1c[nH]cn1)C(=O)O. The Morgan fingerprint density at radius 1 is 0.927 bits per heavy atom. The number of aromatic nitrogens is 2. The summed E-state index contributed by atoms with van der Waals surface area (Å²) in [6.07, 6.45) is 4.64. The predicted molar refractivity (Wildman–Crippen MR) is 146 cm³/mol. The highest BCUT2D eigenvalue weighted by atomic mass is 16.4. The van der Waals surface area contributed by atoms with Gasteiger partial charge in [0.1, 0.15) is 24.2 Å². The molecule has 0 aliphatic rings. The van der Waals surface area contributed by atoms with Crippen molar-refractivity contribution < 1.29 is 49.5 Å². The van der Waals surface area contributed by atoms with E-state index in [-0.39, 0.29) is 18.3 Å². The fraction of sp³-hybridized carbons (Fsp3) is 0.591. The van der Waals surface area contributed by atoms with Gasteiger partial charge in [-0.2, -0.15) is 0 Å². The van der Waals surface area contributed by atoms with Gasteiger partial charge < -0.3 is 64.5 Å². The number of carbonyl (C=O) groups is 5. The highest BCUT2D eigenvalue weighted by Gasteiger charge is 2.17. The first kappa shape index (κ1) is 41.2. The van der Waals surface area contributed by atoms with E-state index in [0.29, 0.717) is 25.1 Å². The molecule has 0 aliphatic carbocycles. The van der Waals surface area contributed by atoms with Crippen LogP contribution in [0.5, 0.6) is 0 Å². The standard InChI is InChI=1S/C6H14N4O2.C6H9N3O2.C6H13NO2.C4H7NO4/c7-4(5(11)12)2-1-3-10-6(8)9;7-5(6(10)11)1-4-2-8-3-9-4;1-3-4(2)5(7)6(8)9;5-2(4(8)9)1-3(6)7/h4H,1-3,7H2,(H,11,12)(H4,8,9,10);2-3,5H,1,7H2,(H,8,9)(H,10,11);4-5H,3,7H2,1-2H3,(H,8,9);2H,1,5H2,(H,6,7)(H,8,9). The van der Waals surface area contributed by atoms with E-state index in [9.17, 15) is 24.0 Å². The lowest BCUT2D eigenvalue weighted by molar-refractivity contribution is -0.144. The second kappa shape index (κ2) is 23.5. The Morgan fingerprint density at radius 3 is 1.73 bits per heavy atom. The van der Waals surface area contributed by atoms with Gasteiger partial charge in [-0.1, -0.05) is 20.3 Å². The fourth-order valence-corrected chi connectivity index (χ4v) is 2.16. The Balaban J connectivity index is -0.000000473. The second-order valence-electron chi connectivity index (χ2n) is 8.43. The first-order chi connectivity index (χ1) is 18.9. The summed E-state index contributed by atoms with van der Waals surface area (Å²) in [6.45, 7) is 4.24. The van der Waals surface area contributed by atoms with Crippen LogP contribution in [-0.4, -0.2) is 102 Å². The van der Waals surface area contributed by atoms with E-state index in [4.69, 9.17) is 59.6 Å². The smallest absolute Gasteiger partial charge is 0.321 e. The molecule has 0 aliphatic heterocycles. The van der Waals surface area contributed by atoms with Gasteiger partial charge in [0.25, 0.3) is 0 Å². The first-order valence-corrected chi connectivity index (χ1v) is 12.1. The van der Waals surface area contributed by atoms with Crippen molar-refractivity contribution in [2.75, 3.05) is 6.54 Å². The number of nitrogens with one attached hydrogen (secondary N) is 3. The normalized spacial score (nSPS) is 13.4. The molecular formula is C22H43N9O10. The molecule has 1 heterocycles. The Kier molecular flexibility index (Phi) is 23.6. The average Bonchev–Trinajstić information content (AvgIpc) is 3.39. The molecule has 0 radical (unpaired) electrons. The van der Waals surface area contributed by atoms with Crippen molar-refractivity contribution in [3.63, 3.8) is 0 Å². The van der Waals surface area contributed by atoms with E-state index in [0.717, 1.165) is 6.42 Å². The van der Waals surface area contributed by atoms with Gasteiger partial charge in [-0.3, -0.25) is 29.4 Å². The molecule has 41 heavy (non-hydrogen) atoms. The molecule has 5 unspecified atom stereocenters. The molecule has 18 N–H and O–H groups in total. The van der Waals surface area contributed by atoms with Crippen molar-refractivity contribution in [2.24, 2.45) is 34.6 Å². The third-order valence-electron chi connectivity index (χ3n) is 4.88. The Bertz CT molecular complexity index is 931. The number of aromatic amines is 1. The minimum Gasteiger partial charge on any atom is -0.481 e. The van der Waals surface area contributed by atoms with Gasteiger partial charge in [0, 0.05) is 19.2 Å². The number of carboxylic acids is 5. The second-order valence-corrected chi connectivity index (χ2v) is 8.43. The molecule has 1 rings (SSSR count). The number of nitrogens with two attached hydrogens (primary N) is 5. The summed E-state index contributed by atoms with van der Waals surface area (Å²) in [7, 11) is 0. The molecule has 0 saturated heterocycles. The van der Waals surface area contributed by atoms with Crippen LogP contribution in [-0.2, 0) is 30.4 Å². The maximum Gasteiger partial charge on any atom is 0.321 e. The fourth-order valence-electron chi connectivity index (χ4n) is 2.16. The van der Waals surface area contributed by atoms with Gasteiger partial charge in [-0.05, 0) is 18.8 Å². The van der Waals surface area contributed by atoms with Crippen LogP contribution in [0.25, 0.3) is 0 Å². The minimum atomic E-state index is -1.29. The van der Waals surface area contributed by atoms with Crippen molar-refractivity contribution in [1.82, 2.24) is 15.3 Å². The summed E-state index contributed by atoms with van der Waals surface area (Å²) in [5.41, 5.74) is 26.2. The molecule has 5 atom stereocenters. The molecule has 1 aromatic rings. The number of nitrogens with zero attached hydrogens (tertiary/aromatic N) is 1. The van der Waals surface area contributed by atoms with E-state index in [1.54, 1.807) is 6.20 Å². The van der Waals surface area contributed by atoms with Crippen molar-refractivity contribution >= 4 is 35.8 Å². The maximum atomic E-state index is 10.3. The molecule has 19 heteroatoms. The topological polar surface area (TPSA) is 381 Å². The van der Waals surface area contributed by atoms with Crippen molar-refractivity contribution in [3.05, 3.63) is 18.2 Å². The number of carboxylic acid groups (broad SMARTS) is 5. The number of H-pyrrole nitrogens is 1. The number of aliphatic carboxylic acids is 5. The third-order valence-corrected chi connectivity index (χ3v) is 4.88. The molecule has 1 aromatic heterocycles. The van der Waals surface area contributed by atoms with Crippen molar-refractivity contribution in [1.29, 1.82) is 5.41 Å². The van der Waals surface area contributed by atoms with Crippen LogP contribution in [0.4, 0.5) is 0 Å². The summed E-state index contributed by atoms with van der Waals surface area (Å²) < 4.78 is 0. The molecule has 19 nitrogen and oxygen atoms in total. The monoisotopic (exact) mass is 593 g/mol. The van der Waals surface area contributed by atoms with Crippen LogP contribution in [0.15, 0.2) is 12.5 Å². The number of hydrogen-bond acceptors (Lipinski definition) is 11. The van der Waals surface area contributed by atoms with Gasteiger partial charge in [0.15, 0.2) is 5.96 Å². The molecule has 0 bridgehead atoms. The van der Waals surface area contributed by atoms with Gasteiger partial charge in [0.2, 0.25) is 0 Å². The average molecular weight is 594 g/mol. The van der Waals surface area contributed by atoms with Crippen LogP contribution in [0, 0.1) is 11.3 Å². The summed E-state index contributed by atoms with van der Waals surface area (Å²) in [5, 5.41) is 50.5. The highest BCUT2D eigenvalue weighted by Crippen LogP contribution is 2.04. The summed E-state index contributed by atoms with van der Waals surface area (Å²) in [4.78, 5) is 56.8. The highest BCUT2D eigenvalue weighted by molar-refractivity contribution is 5.80. The molecular weight excluding hydrogens is 550 g/mol. The van der Waals surface area contributed by atoms with Gasteiger partial charge in [-0.25, -0.2) is 4.98 Å². The third kappa shape index (κ3) is 25.7. The maximum absolute atomic E-state index is 10.3. The van der Waals surface area contributed by atoms with E-state index < -0.39 is 60.4 Å². The lowest BCUT2D eigenvalue weighted by Crippen LogP contribution is -2.36. The van der Waals surface area contributed by atoms with E-state index >= 15 is 0 Å². The van der Waals surface area contributed by atoms with Gasteiger partial charge in [0.05, 0.1) is 18.4 Å². The Morgan fingerprint density at radius 2 is 1.44 bits per heavy atom. The van der Waals surface area contributed by atoms with Crippen molar-refractivity contribution in [3.8, 4) is 0 Å². The van der Waals surface area contributed by atoms with Gasteiger partial charge in [-0.15, -0.1) is 0 Å². The molecule has 0 spiro atoms. The zero-order chi connectivity index (χ0) is 32.7. The largest absolute Gasteiger partial charge is 0.481 e. The van der Waals surface area contributed by atoms with Crippen LogP contribution in [0.1, 0.15) is 45.2 Å². The lowest BCUT2D eigenvalue weighted by atomic mass is 10.0. The number of hydrogen-bond donors (Lipinski definition) is 13. The Labute approximate surface area is 236 Å². The van der Waals surface area contributed by atoms with Crippen LogP contribution < -0.4 is 34.0 Å². The van der Waals surface area contributed by atoms with E-state index in [1.807, 2.05) is 13.8 Å². The zero-order valence-electron chi connectivity index (χ0n) is 22.9. The zero-order valence-corrected chi connectivity index (χ0v) is 22.9. The Hall–Kier alpha value is -4.33. The first-order valence-electron chi connectivity index (χ1n) is 12.1. The number of guanidine groups is 1.